The standard InChI is InChI=1S/C17H16ClNO2/c1-17(2,3)11-4-6-12(7-5-11)19-9-8-13-14(10-19)21-16(20)15(13)18/h4-10H,1-3H3. The van der Waals surface area contributed by atoms with E-state index in [1.54, 1.807) is 12.3 Å². The highest BCUT2D eigenvalue weighted by Gasteiger charge is 2.17. The maximum Gasteiger partial charge on any atom is 0.355 e. The van der Waals surface area contributed by atoms with Gasteiger partial charge in [0.2, 0.25) is 0 Å². The zero-order chi connectivity index (χ0) is 15.2. The minimum atomic E-state index is -0.493. The average Bonchev–Trinajstić information content (AvgIpc) is 2.73. The second kappa shape index (κ2) is 4.78. The lowest BCUT2D eigenvalue weighted by Crippen LogP contribution is -2.10. The molecule has 0 aromatic heterocycles. The monoisotopic (exact) mass is 301 g/mol. The van der Waals surface area contributed by atoms with Gasteiger partial charge in [-0.3, -0.25) is 0 Å². The molecule has 0 amide bonds. The number of hydrogen-bond donors (Lipinski definition) is 0. The molecule has 2 heterocycles. The van der Waals surface area contributed by atoms with Crippen LogP contribution in [0.1, 0.15) is 26.3 Å². The second-order valence-electron chi connectivity index (χ2n) is 6.13. The van der Waals surface area contributed by atoms with Crippen molar-refractivity contribution in [1.82, 2.24) is 4.57 Å². The molecule has 108 valence electrons. The summed E-state index contributed by atoms with van der Waals surface area (Å²) in [6.07, 6.45) is 3.64. The van der Waals surface area contributed by atoms with Crippen LogP contribution in [-0.2, 0) is 5.41 Å². The Bertz CT molecular complexity index is 806. The molecule has 0 fully saturated rings. The third kappa shape index (κ3) is 2.49. The first-order chi connectivity index (χ1) is 9.86. The van der Waals surface area contributed by atoms with Gasteiger partial charge in [-0.2, -0.15) is 0 Å². The fourth-order valence-electron chi connectivity index (χ4n) is 2.29. The van der Waals surface area contributed by atoms with Gasteiger partial charge in [-0.25, -0.2) is 4.79 Å². The molecule has 0 saturated heterocycles. The van der Waals surface area contributed by atoms with E-state index in [1.165, 1.54) is 5.56 Å². The lowest BCUT2D eigenvalue weighted by molar-refractivity contribution is 0.541. The number of rotatable bonds is 1. The van der Waals surface area contributed by atoms with E-state index in [0.29, 0.717) is 11.3 Å². The summed E-state index contributed by atoms with van der Waals surface area (Å²) in [5, 5.41) is 0.139. The molecular weight excluding hydrogens is 286 g/mol. The molecule has 0 radical (unpaired) electrons. The number of halogens is 1. The van der Waals surface area contributed by atoms with Crippen LogP contribution in [0.5, 0.6) is 0 Å². The van der Waals surface area contributed by atoms with Gasteiger partial charge in [0.15, 0.2) is 5.76 Å². The summed E-state index contributed by atoms with van der Waals surface area (Å²) in [6, 6.07) is 10.1. The van der Waals surface area contributed by atoms with Crippen molar-refractivity contribution in [3.63, 3.8) is 0 Å². The summed E-state index contributed by atoms with van der Waals surface area (Å²) in [6.45, 7) is 6.55. The molecule has 2 aliphatic heterocycles. The van der Waals surface area contributed by atoms with Gasteiger partial charge in [0, 0.05) is 17.4 Å². The number of aromatic nitrogens is 1. The van der Waals surface area contributed by atoms with Gasteiger partial charge in [-0.1, -0.05) is 44.5 Å². The minimum Gasteiger partial charge on any atom is -0.420 e. The quantitative estimate of drug-likeness (QED) is 0.664. The van der Waals surface area contributed by atoms with Crippen molar-refractivity contribution in [1.29, 1.82) is 0 Å². The first kappa shape index (κ1) is 14.0. The molecule has 0 spiro atoms. The Morgan fingerprint density at radius 1 is 1.10 bits per heavy atom. The molecule has 2 aliphatic rings. The molecule has 3 rings (SSSR count). The zero-order valence-corrected chi connectivity index (χ0v) is 12.9. The number of fused-ring (bicyclic) bond motifs is 1. The van der Waals surface area contributed by atoms with Crippen LogP contribution >= 0.6 is 11.6 Å². The van der Waals surface area contributed by atoms with Crippen LogP contribution in [-0.4, -0.2) is 4.57 Å². The van der Waals surface area contributed by atoms with Crippen molar-refractivity contribution in [2.24, 2.45) is 0 Å². The Balaban J connectivity index is 2.05. The van der Waals surface area contributed by atoms with Crippen molar-refractivity contribution in [2.75, 3.05) is 0 Å². The lowest BCUT2D eigenvalue weighted by atomic mass is 9.87. The number of nitrogens with zero attached hydrogens (tertiary/aromatic N) is 1. The molecular formula is C17H16ClNO2. The highest BCUT2D eigenvalue weighted by Crippen LogP contribution is 2.29. The normalized spacial score (nSPS) is 12.0. The van der Waals surface area contributed by atoms with E-state index >= 15 is 0 Å². The predicted octanol–water partition coefficient (Wildman–Crippen LogP) is 4.49. The summed E-state index contributed by atoms with van der Waals surface area (Å²) in [5.41, 5.74) is 2.55. The molecule has 0 N–H and O–H groups in total. The number of pyridine rings is 1. The Morgan fingerprint density at radius 3 is 2.38 bits per heavy atom. The van der Waals surface area contributed by atoms with Crippen molar-refractivity contribution in [3.05, 3.63) is 63.7 Å². The van der Waals surface area contributed by atoms with Crippen molar-refractivity contribution < 1.29 is 4.42 Å². The van der Waals surface area contributed by atoms with E-state index in [1.807, 2.05) is 10.8 Å². The van der Waals surface area contributed by atoms with Gasteiger partial charge in [0.05, 0.1) is 6.20 Å². The first-order valence-electron chi connectivity index (χ1n) is 6.77. The molecule has 0 aliphatic carbocycles. The van der Waals surface area contributed by atoms with Crippen molar-refractivity contribution in [3.8, 4) is 17.0 Å². The topological polar surface area (TPSA) is 35.1 Å². The van der Waals surface area contributed by atoms with Gasteiger partial charge in [0.25, 0.3) is 0 Å². The number of furan rings is 1. The predicted molar refractivity (Wildman–Crippen MR) is 84.6 cm³/mol. The average molecular weight is 302 g/mol. The molecule has 0 atom stereocenters. The third-order valence-corrected chi connectivity index (χ3v) is 3.93. The highest BCUT2D eigenvalue weighted by atomic mass is 35.5. The Labute approximate surface area is 128 Å². The molecule has 0 bridgehead atoms. The highest BCUT2D eigenvalue weighted by molar-refractivity contribution is 6.33. The van der Waals surface area contributed by atoms with Gasteiger partial charge in [-0.15, -0.1) is 0 Å². The van der Waals surface area contributed by atoms with Crippen LogP contribution in [0.3, 0.4) is 0 Å². The minimum absolute atomic E-state index is 0.124. The third-order valence-electron chi connectivity index (χ3n) is 3.57. The smallest absolute Gasteiger partial charge is 0.355 e. The van der Waals surface area contributed by atoms with Gasteiger partial charge in [-0.05, 0) is 29.2 Å². The van der Waals surface area contributed by atoms with Crippen LogP contribution in [0.15, 0.2) is 51.9 Å². The van der Waals surface area contributed by atoms with E-state index in [2.05, 4.69) is 45.0 Å². The first-order valence-corrected chi connectivity index (χ1v) is 7.15. The Kier molecular flexibility index (Phi) is 3.18. The molecule has 4 heteroatoms. The summed E-state index contributed by atoms with van der Waals surface area (Å²) in [5.74, 6) is 0.493. The Morgan fingerprint density at radius 2 is 1.76 bits per heavy atom. The van der Waals surface area contributed by atoms with E-state index < -0.39 is 5.63 Å². The fraction of sp³-hybridized carbons (Fsp3) is 0.235. The van der Waals surface area contributed by atoms with Crippen LogP contribution in [0.2, 0.25) is 5.02 Å². The summed E-state index contributed by atoms with van der Waals surface area (Å²) in [4.78, 5) is 11.4. The van der Waals surface area contributed by atoms with Gasteiger partial charge in [0.1, 0.15) is 5.02 Å². The number of hydrogen-bond acceptors (Lipinski definition) is 2. The molecule has 21 heavy (non-hydrogen) atoms. The van der Waals surface area contributed by atoms with E-state index in [4.69, 9.17) is 16.0 Å². The van der Waals surface area contributed by atoms with Crippen LogP contribution in [0, 0.1) is 0 Å². The molecule has 0 saturated carbocycles. The van der Waals surface area contributed by atoms with E-state index in [9.17, 15) is 4.79 Å². The second-order valence-corrected chi connectivity index (χ2v) is 6.51. The van der Waals surface area contributed by atoms with Crippen LogP contribution in [0.25, 0.3) is 17.0 Å². The molecule has 0 unspecified atom stereocenters. The molecule has 3 nitrogen and oxygen atoms in total. The van der Waals surface area contributed by atoms with E-state index in [0.717, 1.165) is 5.69 Å². The largest absolute Gasteiger partial charge is 0.420 e. The molecule has 1 aromatic carbocycles. The van der Waals surface area contributed by atoms with Gasteiger partial charge < -0.3 is 8.98 Å². The van der Waals surface area contributed by atoms with E-state index in [-0.39, 0.29) is 10.4 Å². The SMILES string of the molecule is CC(C)(C)c1ccc(-n2ccc3c(Cl)c(=O)oc-3c2)cc1. The summed E-state index contributed by atoms with van der Waals surface area (Å²) < 4.78 is 7.04. The molecule has 1 aromatic rings. The lowest BCUT2D eigenvalue weighted by Gasteiger charge is -2.19. The zero-order valence-electron chi connectivity index (χ0n) is 12.2. The van der Waals surface area contributed by atoms with Crippen molar-refractivity contribution in [2.45, 2.75) is 26.2 Å². The van der Waals surface area contributed by atoms with Crippen molar-refractivity contribution >= 4 is 11.6 Å². The number of benzene rings is 1. The van der Waals surface area contributed by atoms with Crippen LogP contribution < -0.4 is 5.63 Å². The Hall–Kier alpha value is -2.00. The summed E-state index contributed by atoms with van der Waals surface area (Å²) >= 11 is 5.90. The maximum atomic E-state index is 11.4. The van der Waals surface area contributed by atoms with Gasteiger partial charge >= 0.3 is 5.63 Å². The maximum absolute atomic E-state index is 11.4. The van der Waals surface area contributed by atoms with Crippen LogP contribution in [0.4, 0.5) is 0 Å². The fourth-order valence-corrected chi connectivity index (χ4v) is 2.48. The summed E-state index contributed by atoms with van der Waals surface area (Å²) in [7, 11) is 0.